The third-order valence-corrected chi connectivity index (χ3v) is 7.77. The van der Waals surface area contributed by atoms with Crippen LogP contribution >= 0.6 is 11.3 Å². The van der Waals surface area contributed by atoms with Gasteiger partial charge in [-0.05, 0) is 32.8 Å². The number of anilines is 1. The topological polar surface area (TPSA) is 85.1 Å². The van der Waals surface area contributed by atoms with Gasteiger partial charge in [0.2, 0.25) is 0 Å². The SMILES string of the molecule is CC1(C)CC2(CN(C3CCN(C(=O)c4c(N)sc5ccccc45)CC3)CCO2)C(=O)O1. The number of hydrogen-bond donors (Lipinski definition) is 1. The maximum absolute atomic E-state index is 13.3. The fourth-order valence-electron chi connectivity index (χ4n) is 5.37. The lowest BCUT2D eigenvalue weighted by Gasteiger charge is -2.44. The summed E-state index contributed by atoms with van der Waals surface area (Å²) in [6.45, 7) is 7.15. The summed E-state index contributed by atoms with van der Waals surface area (Å²) in [6, 6.07) is 8.22. The summed E-state index contributed by atoms with van der Waals surface area (Å²) in [5.74, 6) is -0.220. The summed E-state index contributed by atoms with van der Waals surface area (Å²) < 4.78 is 12.6. The molecule has 1 amide bonds. The molecule has 8 heteroatoms. The van der Waals surface area contributed by atoms with E-state index in [0.29, 0.717) is 49.3 Å². The van der Waals surface area contributed by atoms with E-state index < -0.39 is 11.2 Å². The zero-order valence-electron chi connectivity index (χ0n) is 18.1. The van der Waals surface area contributed by atoms with E-state index in [1.54, 1.807) is 0 Å². The zero-order valence-corrected chi connectivity index (χ0v) is 18.9. The van der Waals surface area contributed by atoms with Crippen molar-refractivity contribution < 1.29 is 19.1 Å². The van der Waals surface area contributed by atoms with E-state index in [9.17, 15) is 9.59 Å². The van der Waals surface area contributed by atoms with Crippen LogP contribution in [0.25, 0.3) is 10.1 Å². The van der Waals surface area contributed by atoms with Crippen LogP contribution in [0.3, 0.4) is 0 Å². The zero-order chi connectivity index (χ0) is 21.8. The molecule has 3 saturated heterocycles. The molecule has 3 aliphatic rings. The van der Waals surface area contributed by atoms with Gasteiger partial charge < -0.3 is 20.1 Å². The van der Waals surface area contributed by atoms with E-state index >= 15 is 0 Å². The number of morpholine rings is 1. The molecule has 1 atom stereocenters. The van der Waals surface area contributed by atoms with Gasteiger partial charge in [0.25, 0.3) is 5.91 Å². The van der Waals surface area contributed by atoms with E-state index in [-0.39, 0.29) is 11.9 Å². The molecule has 2 N–H and O–H groups in total. The Morgan fingerprint density at radius 1 is 1.19 bits per heavy atom. The smallest absolute Gasteiger partial charge is 0.340 e. The number of nitrogens with zero attached hydrogens (tertiary/aromatic N) is 2. The number of esters is 1. The average molecular weight is 444 g/mol. The highest BCUT2D eigenvalue weighted by Crippen LogP contribution is 2.40. The van der Waals surface area contributed by atoms with Crippen LogP contribution in [0.15, 0.2) is 24.3 Å². The summed E-state index contributed by atoms with van der Waals surface area (Å²) in [4.78, 5) is 30.1. The predicted molar refractivity (Wildman–Crippen MR) is 120 cm³/mol. The van der Waals surface area contributed by atoms with E-state index in [0.717, 1.165) is 29.5 Å². The van der Waals surface area contributed by atoms with E-state index in [2.05, 4.69) is 4.90 Å². The number of carbonyl (C=O) groups excluding carboxylic acids is 2. The quantitative estimate of drug-likeness (QED) is 0.719. The number of benzene rings is 1. The Morgan fingerprint density at radius 3 is 2.65 bits per heavy atom. The lowest BCUT2D eigenvalue weighted by atomic mass is 9.90. The molecule has 7 nitrogen and oxygen atoms in total. The number of nitrogen functional groups attached to an aromatic ring is 1. The molecule has 0 saturated carbocycles. The monoisotopic (exact) mass is 443 g/mol. The summed E-state index contributed by atoms with van der Waals surface area (Å²) in [6.07, 6.45) is 2.33. The standard InChI is InChI=1S/C23H29N3O4S/c1-22(2)13-23(21(28)30-22)14-26(11-12-29-23)15-7-9-25(10-8-15)20(27)18-16-5-3-4-6-17(16)31-19(18)24/h3-6,15H,7-14,24H2,1-2H3. The number of hydrogen-bond acceptors (Lipinski definition) is 7. The van der Waals surface area contributed by atoms with Gasteiger partial charge in [0.15, 0.2) is 5.60 Å². The minimum absolute atomic E-state index is 0.0213. The largest absolute Gasteiger partial charge is 0.457 e. The lowest BCUT2D eigenvalue weighted by Crippen LogP contribution is -2.59. The van der Waals surface area contributed by atoms with Crippen LogP contribution in [-0.2, 0) is 14.3 Å². The molecule has 5 rings (SSSR count). The molecule has 1 unspecified atom stereocenters. The molecule has 31 heavy (non-hydrogen) atoms. The van der Waals surface area contributed by atoms with Crippen LogP contribution in [0, 0.1) is 0 Å². The molecular weight excluding hydrogens is 414 g/mol. The van der Waals surface area contributed by atoms with Gasteiger partial charge >= 0.3 is 5.97 Å². The molecule has 1 aromatic carbocycles. The minimum atomic E-state index is -0.848. The fourth-order valence-corrected chi connectivity index (χ4v) is 6.33. The van der Waals surface area contributed by atoms with Gasteiger partial charge in [-0.2, -0.15) is 0 Å². The molecule has 0 radical (unpaired) electrons. The number of thiophene rings is 1. The molecule has 1 spiro atoms. The molecule has 1 aromatic heterocycles. The van der Waals surface area contributed by atoms with Crippen molar-refractivity contribution in [2.24, 2.45) is 0 Å². The van der Waals surface area contributed by atoms with E-state index in [1.165, 1.54) is 11.3 Å². The van der Waals surface area contributed by atoms with Crippen molar-refractivity contribution >= 4 is 38.3 Å². The fraction of sp³-hybridized carbons (Fsp3) is 0.565. The predicted octanol–water partition coefficient (Wildman–Crippen LogP) is 2.88. The van der Waals surface area contributed by atoms with Crippen LogP contribution < -0.4 is 5.73 Å². The second-order valence-electron chi connectivity index (χ2n) is 9.50. The highest BCUT2D eigenvalue weighted by Gasteiger charge is 2.56. The summed E-state index contributed by atoms with van der Waals surface area (Å²) >= 11 is 1.47. The molecule has 2 aromatic rings. The minimum Gasteiger partial charge on any atom is -0.457 e. The van der Waals surface area contributed by atoms with Gasteiger partial charge in [-0.3, -0.25) is 9.69 Å². The van der Waals surface area contributed by atoms with Crippen LogP contribution in [0.5, 0.6) is 0 Å². The Labute approximate surface area is 186 Å². The number of piperidine rings is 1. The molecule has 4 heterocycles. The molecule has 0 bridgehead atoms. The highest BCUT2D eigenvalue weighted by atomic mass is 32.1. The first-order chi connectivity index (χ1) is 14.8. The van der Waals surface area contributed by atoms with Gasteiger partial charge in [0, 0.05) is 48.7 Å². The average Bonchev–Trinajstić information content (AvgIpc) is 3.19. The number of rotatable bonds is 2. The number of amides is 1. The van der Waals surface area contributed by atoms with Crippen molar-refractivity contribution in [3.8, 4) is 0 Å². The van der Waals surface area contributed by atoms with Crippen molar-refractivity contribution in [1.29, 1.82) is 0 Å². The Hall–Kier alpha value is -2.16. The number of carbonyl (C=O) groups is 2. The normalized spacial score (nSPS) is 27.2. The molecule has 3 aliphatic heterocycles. The van der Waals surface area contributed by atoms with Crippen LogP contribution in [0.1, 0.15) is 43.5 Å². The third kappa shape index (κ3) is 3.60. The van der Waals surface area contributed by atoms with Gasteiger partial charge in [-0.1, -0.05) is 18.2 Å². The van der Waals surface area contributed by atoms with Gasteiger partial charge in [0.1, 0.15) is 5.60 Å². The van der Waals surface area contributed by atoms with Crippen LogP contribution in [0.4, 0.5) is 5.00 Å². The maximum Gasteiger partial charge on any atom is 0.340 e. The first-order valence-corrected chi connectivity index (χ1v) is 11.8. The number of nitrogens with two attached hydrogens (primary N) is 1. The van der Waals surface area contributed by atoms with E-state index in [1.807, 2.05) is 43.0 Å². The summed E-state index contributed by atoms with van der Waals surface area (Å²) in [5, 5.41) is 1.53. The number of ether oxygens (including phenoxy) is 2. The van der Waals surface area contributed by atoms with Crippen molar-refractivity contribution in [3.05, 3.63) is 29.8 Å². The maximum atomic E-state index is 13.3. The summed E-state index contributed by atoms with van der Waals surface area (Å²) in [5.41, 5.74) is 5.52. The number of cyclic esters (lactones) is 1. The Balaban J connectivity index is 1.26. The Morgan fingerprint density at radius 2 is 1.94 bits per heavy atom. The van der Waals surface area contributed by atoms with Gasteiger partial charge in [-0.25, -0.2) is 4.79 Å². The third-order valence-electron chi connectivity index (χ3n) is 6.77. The molecular formula is C23H29N3O4S. The number of fused-ring (bicyclic) bond motifs is 1. The summed E-state index contributed by atoms with van der Waals surface area (Å²) in [7, 11) is 0. The van der Waals surface area contributed by atoms with Crippen LogP contribution in [-0.4, -0.2) is 71.7 Å². The van der Waals surface area contributed by atoms with Crippen LogP contribution in [0.2, 0.25) is 0 Å². The van der Waals surface area contributed by atoms with Crippen molar-refractivity contribution in [2.75, 3.05) is 38.5 Å². The molecule has 166 valence electrons. The van der Waals surface area contributed by atoms with Gasteiger partial charge in [-0.15, -0.1) is 11.3 Å². The molecule has 3 fully saturated rings. The first kappa shape index (κ1) is 20.7. The van der Waals surface area contributed by atoms with Crippen molar-refractivity contribution in [3.63, 3.8) is 0 Å². The lowest BCUT2D eigenvalue weighted by molar-refractivity contribution is -0.172. The Bertz CT molecular complexity index is 1030. The van der Waals surface area contributed by atoms with Crippen molar-refractivity contribution in [2.45, 2.75) is 50.4 Å². The van der Waals surface area contributed by atoms with Crippen molar-refractivity contribution in [1.82, 2.24) is 9.80 Å². The van der Waals surface area contributed by atoms with E-state index in [4.69, 9.17) is 15.2 Å². The second kappa shape index (κ2) is 7.46. The first-order valence-electron chi connectivity index (χ1n) is 11.0. The second-order valence-corrected chi connectivity index (χ2v) is 10.6. The number of likely N-dealkylation sites (tertiary alicyclic amines) is 1. The highest BCUT2D eigenvalue weighted by molar-refractivity contribution is 7.23. The molecule has 0 aliphatic carbocycles. The van der Waals surface area contributed by atoms with Gasteiger partial charge in [0.05, 0.1) is 17.2 Å². The Kier molecular flexibility index (Phi) is 4.99.